The third-order valence-electron chi connectivity index (χ3n) is 3.06. The predicted octanol–water partition coefficient (Wildman–Crippen LogP) is 3.36. The summed E-state index contributed by atoms with van der Waals surface area (Å²) in [5.74, 6) is -8.41. The molecule has 2 aromatic carbocycles. The molecule has 0 aromatic heterocycles. The van der Waals surface area contributed by atoms with Crippen LogP contribution in [0.25, 0.3) is 0 Å². The first kappa shape index (κ1) is 17.2. The summed E-state index contributed by atoms with van der Waals surface area (Å²) in [6, 6.07) is 6.20. The van der Waals surface area contributed by atoms with Gasteiger partial charge in [-0.25, -0.2) is 17.6 Å². The maximum absolute atomic E-state index is 13.5. The largest absolute Gasteiger partial charge is 0.387 e. The zero-order chi connectivity index (χ0) is 17.1. The molecule has 0 aliphatic carbocycles. The van der Waals surface area contributed by atoms with Gasteiger partial charge in [-0.3, -0.25) is 4.79 Å². The number of aliphatic hydroxyl groups is 1. The van der Waals surface area contributed by atoms with Crippen molar-refractivity contribution in [2.45, 2.75) is 6.10 Å². The van der Waals surface area contributed by atoms with Crippen LogP contribution in [0.1, 0.15) is 22.0 Å². The molecule has 0 aliphatic rings. The highest BCUT2D eigenvalue weighted by Gasteiger charge is 2.25. The third kappa shape index (κ3) is 3.62. The van der Waals surface area contributed by atoms with E-state index < -0.39 is 47.4 Å². The van der Waals surface area contributed by atoms with Gasteiger partial charge in [0.15, 0.2) is 23.3 Å². The van der Waals surface area contributed by atoms with Gasteiger partial charge in [0.05, 0.1) is 6.10 Å². The Bertz CT molecular complexity index is 728. The average Bonchev–Trinajstić information content (AvgIpc) is 2.51. The van der Waals surface area contributed by atoms with E-state index in [-0.39, 0.29) is 16.7 Å². The number of carbonyl (C=O) groups is 1. The minimum absolute atomic E-state index is 0.0000357. The monoisotopic (exact) mass is 347 g/mol. The standard InChI is InChI=1S/C15H10ClF4NO2/c16-8-4-2-1-3-7(8)11(22)6-21-15(23)12-13(19)9(17)5-10(18)14(12)20/h1-5,11,22H,6H2,(H,21,23). The van der Waals surface area contributed by atoms with Gasteiger partial charge in [-0.1, -0.05) is 29.8 Å². The summed E-state index contributed by atoms with van der Waals surface area (Å²) in [4.78, 5) is 11.7. The molecule has 0 bridgehead atoms. The molecule has 1 unspecified atom stereocenters. The van der Waals surface area contributed by atoms with Crippen molar-refractivity contribution in [1.29, 1.82) is 0 Å². The summed E-state index contributed by atoms with van der Waals surface area (Å²) in [6.07, 6.45) is -1.27. The first-order valence-corrected chi connectivity index (χ1v) is 6.74. The van der Waals surface area contributed by atoms with Gasteiger partial charge in [0, 0.05) is 23.2 Å². The molecule has 1 amide bonds. The van der Waals surface area contributed by atoms with Crippen LogP contribution in [0.3, 0.4) is 0 Å². The zero-order valence-corrected chi connectivity index (χ0v) is 12.2. The van der Waals surface area contributed by atoms with E-state index in [1.54, 1.807) is 12.1 Å². The van der Waals surface area contributed by atoms with E-state index >= 15 is 0 Å². The number of rotatable bonds is 4. The Kier molecular flexibility index (Phi) is 5.23. The van der Waals surface area contributed by atoms with Gasteiger partial charge < -0.3 is 10.4 Å². The van der Waals surface area contributed by atoms with Crippen molar-refractivity contribution in [3.05, 3.63) is 69.8 Å². The highest BCUT2D eigenvalue weighted by Crippen LogP contribution is 2.23. The van der Waals surface area contributed by atoms with Gasteiger partial charge in [0.25, 0.3) is 5.91 Å². The van der Waals surface area contributed by atoms with E-state index in [0.717, 1.165) is 0 Å². The van der Waals surface area contributed by atoms with Gasteiger partial charge in [-0.2, -0.15) is 0 Å². The molecule has 2 N–H and O–H groups in total. The molecule has 0 aliphatic heterocycles. The molecule has 0 heterocycles. The Morgan fingerprint density at radius 2 is 1.70 bits per heavy atom. The van der Waals surface area contributed by atoms with Crippen molar-refractivity contribution in [3.63, 3.8) is 0 Å². The molecule has 0 spiro atoms. The Labute approximate surface area is 133 Å². The topological polar surface area (TPSA) is 49.3 Å². The number of hydrogen-bond acceptors (Lipinski definition) is 2. The maximum atomic E-state index is 13.5. The lowest BCUT2D eigenvalue weighted by atomic mass is 10.1. The van der Waals surface area contributed by atoms with Gasteiger partial charge in [-0.05, 0) is 6.07 Å². The fraction of sp³-hybridized carbons (Fsp3) is 0.133. The molecule has 0 fully saturated rings. The fourth-order valence-corrected chi connectivity index (χ4v) is 2.17. The number of nitrogens with one attached hydrogen (secondary N) is 1. The molecular weight excluding hydrogens is 338 g/mol. The van der Waals surface area contributed by atoms with Gasteiger partial charge in [-0.15, -0.1) is 0 Å². The lowest BCUT2D eigenvalue weighted by molar-refractivity contribution is 0.0905. The molecule has 122 valence electrons. The summed E-state index contributed by atoms with van der Waals surface area (Å²) in [5, 5.41) is 12.1. The molecule has 2 aromatic rings. The van der Waals surface area contributed by atoms with Gasteiger partial charge >= 0.3 is 0 Å². The summed E-state index contributed by atoms with van der Waals surface area (Å²) in [6.45, 7) is -0.459. The Morgan fingerprint density at radius 1 is 1.13 bits per heavy atom. The first-order chi connectivity index (χ1) is 10.8. The van der Waals surface area contributed by atoms with Crippen LogP contribution < -0.4 is 5.32 Å². The summed E-state index contributed by atoms with van der Waals surface area (Å²) in [7, 11) is 0. The highest BCUT2D eigenvalue weighted by molar-refractivity contribution is 6.31. The molecule has 0 radical (unpaired) electrons. The minimum atomic E-state index is -1.81. The summed E-state index contributed by atoms with van der Waals surface area (Å²) < 4.78 is 53.1. The minimum Gasteiger partial charge on any atom is -0.387 e. The van der Waals surface area contributed by atoms with Crippen LogP contribution in [0.5, 0.6) is 0 Å². The Hall–Kier alpha value is -2.12. The molecule has 23 heavy (non-hydrogen) atoms. The second-order valence-electron chi connectivity index (χ2n) is 4.59. The molecule has 0 saturated heterocycles. The predicted molar refractivity (Wildman–Crippen MR) is 75.0 cm³/mol. The third-order valence-corrected chi connectivity index (χ3v) is 3.40. The quantitative estimate of drug-likeness (QED) is 0.658. The van der Waals surface area contributed by atoms with E-state index in [2.05, 4.69) is 0 Å². The highest BCUT2D eigenvalue weighted by atomic mass is 35.5. The number of carbonyl (C=O) groups excluding carboxylic acids is 1. The second kappa shape index (κ2) is 6.97. The Balaban J connectivity index is 2.16. The van der Waals surface area contributed by atoms with E-state index in [4.69, 9.17) is 11.6 Å². The second-order valence-corrected chi connectivity index (χ2v) is 5.00. The average molecular weight is 348 g/mol. The lowest BCUT2D eigenvalue weighted by Crippen LogP contribution is -2.30. The first-order valence-electron chi connectivity index (χ1n) is 6.36. The maximum Gasteiger partial charge on any atom is 0.257 e. The summed E-state index contributed by atoms with van der Waals surface area (Å²) >= 11 is 5.85. The van der Waals surface area contributed by atoms with Crippen LogP contribution >= 0.6 is 11.6 Å². The number of benzene rings is 2. The molecule has 1 atom stereocenters. The SMILES string of the molecule is O=C(NCC(O)c1ccccc1Cl)c1c(F)c(F)cc(F)c1F. The number of halogens is 5. The normalized spacial score (nSPS) is 12.1. The lowest BCUT2D eigenvalue weighted by Gasteiger charge is -2.14. The Morgan fingerprint density at radius 3 is 2.26 bits per heavy atom. The van der Waals surface area contributed by atoms with Crippen LogP contribution in [-0.4, -0.2) is 17.6 Å². The van der Waals surface area contributed by atoms with Crippen molar-refractivity contribution >= 4 is 17.5 Å². The molecule has 0 saturated carbocycles. The molecule has 3 nitrogen and oxygen atoms in total. The van der Waals surface area contributed by atoms with Crippen LogP contribution in [-0.2, 0) is 0 Å². The van der Waals surface area contributed by atoms with Crippen LogP contribution in [0.4, 0.5) is 17.6 Å². The van der Waals surface area contributed by atoms with Crippen molar-refractivity contribution < 1.29 is 27.5 Å². The van der Waals surface area contributed by atoms with Crippen molar-refractivity contribution in [3.8, 4) is 0 Å². The van der Waals surface area contributed by atoms with Crippen LogP contribution in [0, 0.1) is 23.3 Å². The molecular formula is C15H10ClF4NO2. The number of hydrogen-bond donors (Lipinski definition) is 2. The van der Waals surface area contributed by atoms with Crippen LogP contribution in [0.15, 0.2) is 30.3 Å². The van der Waals surface area contributed by atoms with Gasteiger partial charge in [0.1, 0.15) is 5.56 Å². The zero-order valence-electron chi connectivity index (χ0n) is 11.4. The smallest absolute Gasteiger partial charge is 0.257 e. The van der Waals surface area contributed by atoms with E-state index in [0.29, 0.717) is 0 Å². The number of amides is 1. The summed E-state index contributed by atoms with van der Waals surface area (Å²) in [5.41, 5.74) is -1.12. The fourth-order valence-electron chi connectivity index (χ4n) is 1.91. The van der Waals surface area contributed by atoms with E-state index in [9.17, 15) is 27.5 Å². The number of aliphatic hydroxyl groups excluding tert-OH is 1. The molecule has 2 rings (SSSR count). The van der Waals surface area contributed by atoms with Crippen molar-refractivity contribution in [2.24, 2.45) is 0 Å². The van der Waals surface area contributed by atoms with Crippen molar-refractivity contribution in [1.82, 2.24) is 5.32 Å². The van der Waals surface area contributed by atoms with E-state index in [1.807, 2.05) is 5.32 Å². The van der Waals surface area contributed by atoms with E-state index in [1.165, 1.54) is 12.1 Å². The van der Waals surface area contributed by atoms with Crippen molar-refractivity contribution in [2.75, 3.05) is 6.54 Å². The molecule has 8 heteroatoms. The van der Waals surface area contributed by atoms with Crippen LogP contribution in [0.2, 0.25) is 5.02 Å². The van der Waals surface area contributed by atoms with Gasteiger partial charge in [0.2, 0.25) is 0 Å².